The molecule has 0 bridgehead atoms. The highest BCUT2D eigenvalue weighted by Crippen LogP contribution is 2.13. The molecule has 0 amide bonds. The summed E-state index contributed by atoms with van der Waals surface area (Å²) in [6.07, 6.45) is 19.3. The van der Waals surface area contributed by atoms with Gasteiger partial charge in [0, 0.05) is 11.8 Å². The monoisotopic (exact) mass is 360 g/mol. The molecule has 0 rings (SSSR count). The molecule has 20 heavy (non-hydrogen) atoms. The summed E-state index contributed by atoms with van der Waals surface area (Å²) in [5.41, 5.74) is 0. The third-order valence-electron chi connectivity index (χ3n) is 3.52. The summed E-state index contributed by atoms with van der Waals surface area (Å²) in [6, 6.07) is 0. The quantitative estimate of drug-likeness (QED) is 0.136. The first-order valence-electron chi connectivity index (χ1n) is 8.41. The minimum atomic E-state index is 0.778. The zero-order chi connectivity index (χ0) is 15.3. The second kappa shape index (κ2) is 25.1. The number of hydrogen-bond donors (Lipinski definition) is 0. The van der Waals surface area contributed by atoms with E-state index in [0.29, 0.717) is 0 Å². The maximum Gasteiger partial charge on any atom is 0.109 e. The molecule has 0 aliphatic carbocycles. The first kappa shape index (κ1) is 23.4. The molecule has 0 heterocycles. The molecule has 0 N–H and O–H groups in total. The highest BCUT2D eigenvalue weighted by Gasteiger charge is 1.93. The van der Waals surface area contributed by atoms with Gasteiger partial charge in [-0.3, -0.25) is 0 Å². The summed E-state index contributed by atoms with van der Waals surface area (Å²) in [6.45, 7) is 0. The van der Waals surface area contributed by atoms with Gasteiger partial charge in [-0.1, -0.05) is 77.0 Å². The van der Waals surface area contributed by atoms with Gasteiger partial charge in [0.1, 0.15) is 9.55 Å². The Bertz CT molecular complexity index is 130. The van der Waals surface area contributed by atoms with Crippen LogP contribution in [0.15, 0.2) is 0 Å². The average Bonchev–Trinajstić information content (AvgIpc) is 2.50. The molecule has 0 aromatic heterocycles. The second-order valence-electron chi connectivity index (χ2n) is 5.33. The molecule has 0 fully saturated rings. The Morgan fingerprint density at radius 3 is 0.650 bits per heavy atom. The molecule has 4 heteroatoms. The Balaban J connectivity index is 0. The van der Waals surface area contributed by atoms with Gasteiger partial charge < -0.3 is 0 Å². The van der Waals surface area contributed by atoms with Crippen LogP contribution in [0.3, 0.4) is 0 Å². The highest BCUT2D eigenvalue weighted by atomic mass is 35.6. The average molecular weight is 362 g/mol. The van der Waals surface area contributed by atoms with Gasteiger partial charge in [-0.15, -0.1) is 23.2 Å². The van der Waals surface area contributed by atoms with E-state index in [4.69, 9.17) is 34.3 Å². The minimum Gasteiger partial charge on any atom is -0.181 e. The van der Waals surface area contributed by atoms with E-state index >= 15 is 0 Å². The summed E-state index contributed by atoms with van der Waals surface area (Å²) in [5.74, 6) is 1.68. The molecule has 0 radical (unpaired) electrons. The summed E-state index contributed by atoms with van der Waals surface area (Å²) in [5, 5.41) is 0. The van der Waals surface area contributed by atoms with Crippen LogP contribution in [-0.2, 0) is 0 Å². The molecular formula is C16H35Cl3Si. The van der Waals surface area contributed by atoms with Crippen LogP contribution in [0.2, 0.25) is 0 Å². The number of rotatable bonds is 15. The SMILES string of the molecule is ClCCCCCCCCCCCCCCCCCl.[SiH3]Cl. The molecule has 0 atom stereocenters. The topological polar surface area (TPSA) is 0 Å². The molecule has 0 saturated carbocycles. The van der Waals surface area contributed by atoms with E-state index in [1.165, 1.54) is 89.9 Å². The predicted octanol–water partition coefficient (Wildman–Crippen LogP) is 6.43. The fourth-order valence-corrected chi connectivity index (χ4v) is 2.69. The van der Waals surface area contributed by atoms with Gasteiger partial charge >= 0.3 is 0 Å². The standard InChI is InChI=1S/C16H32Cl2.ClH3Si/c17-15-13-11-9-7-5-3-1-2-4-6-8-10-12-14-16-18;1-2/h1-16H2;2H3. The van der Waals surface area contributed by atoms with Crippen LogP contribution in [0.5, 0.6) is 0 Å². The zero-order valence-electron chi connectivity index (χ0n) is 13.4. The fourth-order valence-electron chi connectivity index (χ4n) is 2.31. The Morgan fingerprint density at radius 2 is 0.500 bits per heavy atom. The van der Waals surface area contributed by atoms with Gasteiger partial charge in [-0.05, 0) is 12.8 Å². The van der Waals surface area contributed by atoms with E-state index in [1.807, 2.05) is 0 Å². The Hall–Kier alpha value is 1.09. The first-order valence-corrected chi connectivity index (χ1v) is 12.5. The van der Waals surface area contributed by atoms with Crippen LogP contribution >= 0.6 is 34.3 Å². The molecule has 0 aromatic carbocycles. The van der Waals surface area contributed by atoms with Crippen LogP contribution < -0.4 is 0 Å². The van der Waals surface area contributed by atoms with Crippen LogP contribution in [-0.4, -0.2) is 21.3 Å². The Morgan fingerprint density at radius 1 is 0.350 bits per heavy atom. The van der Waals surface area contributed by atoms with E-state index < -0.39 is 0 Å². The van der Waals surface area contributed by atoms with Gasteiger partial charge in [-0.25, -0.2) is 0 Å². The predicted molar refractivity (Wildman–Crippen MR) is 102 cm³/mol. The molecule has 0 unspecified atom stereocenters. The lowest BCUT2D eigenvalue weighted by molar-refractivity contribution is 0.538. The van der Waals surface area contributed by atoms with Crippen LogP contribution in [0, 0.1) is 0 Å². The van der Waals surface area contributed by atoms with Crippen molar-refractivity contribution in [2.24, 2.45) is 0 Å². The van der Waals surface area contributed by atoms with Crippen LogP contribution in [0.4, 0.5) is 0 Å². The van der Waals surface area contributed by atoms with Gasteiger partial charge in [0.25, 0.3) is 0 Å². The van der Waals surface area contributed by atoms with Gasteiger partial charge in [0.05, 0.1) is 0 Å². The molecular weight excluding hydrogens is 327 g/mol. The molecule has 124 valence electrons. The summed E-state index contributed by atoms with van der Waals surface area (Å²) >= 11 is 16.1. The molecule has 0 nitrogen and oxygen atoms in total. The molecule has 0 saturated heterocycles. The third kappa shape index (κ3) is 24.1. The zero-order valence-corrected chi connectivity index (χ0v) is 17.7. The lowest BCUT2D eigenvalue weighted by Crippen LogP contribution is -1.84. The van der Waals surface area contributed by atoms with Crippen molar-refractivity contribution < 1.29 is 0 Å². The number of alkyl halides is 2. The number of halogens is 3. The summed E-state index contributed by atoms with van der Waals surface area (Å²) < 4.78 is 0. The van der Waals surface area contributed by atoms with Crippen molar-refractivity contribution in [3.63, 3.8) is 0 Å². The minimum absolute atomic E-state index is 0.778. The normalized spacial score (nSPS) is 10.3. The van der Waals surface area contributed by atoms with Gasteiger partial charge in [0.15, 0.2) is 0 Å². The number of unbranched alkanes of at least 4 members (excludes halogenated alkanes) is 13. The van der Waals surface area contributed by atoms with E-state index in [2.05, 4.69) is 0 Å². The Kier molecular flexibility index (Phi) is 29.3. The van der Waals surface area contributed by atoms with Crippen molar-refractivity contribution in [1.82, 2.24) is 0 Å². The van der Waals surface area contributed by atoms with Crippen LogP contribution in [0.1, 0.15) is 89.9 Å². The largest absolute Gasteiger partial charge is 0.181 e. The molecule has 0 aliphatic heterocycles. The second-order valence-corrected chi connectivity index (χ2v) is 6.08. The smallest absolute Gasteiger partial charge is 0.109 e. The lowest BCUT2D eigenvalue weighted by atomic mass is 10.0. The first-order chi connectivity index (χ1) is 9.91. The van der Waals surface area contributed by atoms with E-state index in [0.717, 1.165) is 21.3 Å². The highest BCUT2D eigenvalue weighted by molar-refractivity contribution is 6.80. The van der Waals surface area contributed by atoms with E-state index in [-0.39, 0.29) is 0 Å². The maximum atomic E-state index is 5.65. The van der Waals surface area contributed by atoms with Crippen molar-refractivity contribution >= 4 is 43.8 Å². The van der Waals surface area contributed by atoms with Crippen molar-refractivity contribution in [1.29, 1.82) is 0 Å². The third-order valence-corrected chi connectivity index (χ3v) is 4.05. The van der Waals surface area contributed by atoms with Gasteiger partial charge in [-0.2, -0.15) is 11.1 Å². The van der Waals surface area contributed by atoms with Crippen molar-refractivity contribution in [2.75, 3.05) is 11.8 Å². The van der Waals surface area contributed by atoms with E-state index in [9.17, 15) is 0 Å². The summed E-state index contributed by atoms with van der Waals surface area (Å²) in [7, 11) is 0.778. The van der Waals surface area contributed by atoms with Crippen LogP contribution in [0.25, 0.3) is 0 Å². The number of hydrogen-bond acceptors (Lipinski definition) is 0. The maximum absolute atomic E-state index is 5.65. The molecule has 0 aromatic rings. The summed E-state index contributed by atoms with van der Waals surface area (Å²) in [4.78, 5) is 0. The Labute approximate surface area is 145 Å². The van der Waals surface area contributed by atoms with Crippen molar-refractivity contribution in [3.8, 4) is 0 Å². The fraction of sp³-hybridized carbons (Fsp3) is 1.00. The molecule has 0 spiro atoms. The van der Waals surface area contributed by atoms with Crippen molar-refractivity contribution in [3.05, 3.63) is 0 Å². The van der Waals surface area contributed by atoms with Gasteiger partial charge in [0.2, 0.25) is 0 Å². The molecule has 0 aliphatic rings. The van der Waals surface area contributed by atoms with E-state index in [1.54, 1.807) is 0 Å². The van der Waals surface area contributed by atoms with Crippen molar-refractivity contribution in [2.45, 2.75) is 89.9 Å². The lowest BCUT2D eigenvalue weighted by Gasteiger charge is -2.02.